The van der Waals surface area contributed by atoms with Gasteiger partial charge in [-0.05, 0) is 91.0 Å². The Morgan fingerprint density at radius 2 is 1.80 bits per heavy atom. The number of nitrogens with one attached hydrogen (secondary N) is 1. The van der Waals surface area contributed by atoms with E-state index in [1.54, 1.807) is 29.6 Å². The number of allylic oxidation sites excluding steroid dienone is 3. The molecule has 1 aliphatic heterocycles. The normalized spacial score (nSPS) is 22.8. The number of imidazole rings is 1. The molecule has 3 heterocycles. The molecule has 2 aromatic heterocycles. The molecule has 10 heteroatoms. The molecular formula is C39H48ClFN6OS. The summed E-state index contributed by atoms with van der Waals surface area (Å²) in [5.74, 6) is 1.96. The number of hydrogen-bond acceptors (Lipinski definition) is 6. The highest BCUT2D eigenvalue weighted by Crippen LogP contribution is 2.46. The van der Waals surface area contributed by atoms with Crippen molar-refractivity contribution in [1.82, 2.24) is 19.0 Å². The van der Waals surface area contributed by atoms with Crippen LogP contribution in [0, 0.1) is 16.7 Å². The molecule has 7 rings (SSSR count). The molecule has 2 aromatic carbocycles. The van der Waals surface area contributed by atoms with Crippen molar-refractivity contribution in [2.45, 2.75) is 71.1 Å². The van der Waals surface area contributed by atoms with E-state index in [0.29, 0.717) is 49.0 Å². The number of anilines is 1. The minimum atomic E-state index is -0.918. The van der Waals surface area contributed by atoms with Crippen LogP contribution in [0.25, 0.3) is 11.0 Å². The number of aromatic nitrogens is 3. The second kappa shape index (κ2) is 14.8. The van der Waals surface area contributed by atoms with E-state index in [0.717, 1.165) is 71.8 Å². The van der Waals surface area contributed by atoms with Crippen molar-refractivity contribution in [3.8, 4) is 0 Å². The van der Waals surface area contributed by atoms with Crippen LogP contribution in [0.5, 0.6) is 0 Å². The van der Waals surface area contributed by atoms with E-state index in [1.807, 2.05) is 24.3 Å². The first kappa shape index (κ1) is 34.1. The molecule has 2 aliphatic carbocycles. The van der Waals surface area contributed by atoms with Crippen LogP contribution in [0.2, 0.25) is 5.02 Å². The number of ether oxygens (including phenoxy) is 1. The third-order valence-corrected chi connectivity index (χ3v) is 11.8. The van der Waals surface area contributed by atoms with Crippen molar-refractivity contribution < 1.29 is 9.13 Å². The standard InChI is InChI=1S/C39H48ClFN6OS/c1-39(2)17-16-34(28-8-10-30(40)11-9-28)29(24-39)25-44-19-21-45(22-20-44)38-43-32(27-49-38)26-47-36-7-4-3-6-35(36)46(37(47)42)18-5-23-48-33-14-12-31(41)13-15-33/h3-4,6-12,14-15,27,29,31,34,42H,5,13,16-26H2,1-2H3. The highest BCUT2D eigenvalue weighted by Gasteiger charge is 2.37. The van der Waals surface area contributed by atoms with Gasteiger partial charge in [0.2, 0.25) is 5.62 Å². The first-order chi connectivity index (χ1) is 23.7. The highest BCUT2D eigenvalue weighted by atomic mass is 35.5. The number of thiazole rings is 1. The van der Waals surface area contributed by atoms with Crippen molar-refractivity contribution in [2.24, 2.45) is 11.3 Å². The van der Waals surface area contributed by atoms with Crippen LogP contribution < -0.4 is 10.5 Å². The molecule has 0 bridgehead atoms. The Morgan fingerprint density at radius 3 is 2.53 bits per heavy atom. The van der Waals surface area contributed by atoms with Crippen LogP contribution in [0.1, 0.15) is 63.1 Å². The van der Waals surface area contributed by atoms with Crippen LogP contribution in [0.15, 0.2) is 77.9 Å². The van der Waals surface area contributed by atoms with E-state index in [1.165, 1.54) is 24.8 Å². The van der Waals surface area contributed by atoms with Gasteiger partial charge >= 0.3 is 0 Å². The van der Waals surface area contributed by atoms with E-state index in [9.17, 15) is 4.39 Å². The minimum Gasteiger partial charge on any atom is -0.494 e. The summed E-state index contributed by atoms with van der Waals surface area (Å²) in [6, 6.07) is 16.8. The number of aryl methyl sites for hydroxylation is 1. The monoisotopic (exact) mass is 702 g/mol. The second-order valence-electron chi connectivity index (χ2n) is 14.7. The largest absolute Gasteiger partial charge is 0.494 e. The predicted octanol–water partition coefficient (Wildman–Crippen LogP) is 8.40. The van der Waals surface area contributed by atoms with Crippen molar-refractivity contribution in [3.63, 3.8) is 0 Å². The maximum Gasteiger partial charge on any atom is 0.203 e. The molecule has 3 aliphatic rings. The number of benzene rings is 2. The van der Waals surface area contributed by atoms with Gasteiger partial charge in [0.05, 0.1) is 29.9 Å². The Balaban J connectivity index is 0.961. The fourth-order valence-electron chi connectivity index (χ4n) is 7.98. The molecule has 0 radical (unpaired) electrons. The van der Waals surface area contributed by atoms with Gasteiger partial charge in [0.25, 0.3) is 0 Å². The lowest BCUT2D eigenvalue weighted by Crippen LogP contribution is -2.49. The average Bonchev–Trinajstić information content (AvgIpc) is 3.67. The molecule has 1 N–H and O–H groups in total. The van der Waals surface area contributed by atoms with Gasteiger partial charge in [-0.15, -0.1) is 11.3 Å². The fourth-order valence-corrected chi connectivity index (χ4v) is 8.98. The summed E-state index contributed by atoms with van der Waals surface area (Å²) in [7, 11) is 0. The highest BCUT2D eigenvalue weighted by molar-refractivity contribution is 7.13. The van der Waals surface area contributed by atoms with E-state index in [2.05, 4.69) is 62.4 Å². The van der Waals surface area contributed by atoms with Crippen molar-refractivity contribution >= 4 is 39.1 Å². The van der Waals surface area contributed by atoms with Crippen LogP contribution >= 0.6 is 22.9 Å². The molecule has 1 saturated heterocycles. The van der Waals surface area contributed by atoms with Crippen molar-refractivity contribution in [3.05, 3.63) is 99.8 Å². The van der Waals surface area contributed by atoms with E-state index < -0.39 is 6.17 Å². The zero-order valence-electron chi connectivity index (χ0n) is 28.7. The number of alkyl halides is 1. The van der Waals surface area contributed by atoms with Gasteiger partial charge in [-0.3, -0.25) is 10.3 Å². The lowest BCUT2D eigenvalue weighted by molar-refractivity contribution is 0.110. The molecule has 3 unspecified atom stereocenters. The molecule has 0 spiro atoms. The average molecular weight is 703 g/mol. The van der Waals surface area contributed by atoms with E-state index in [4.69, 9.17) is 26.7 Å². The van der Waals surface area contributed by atoms with Crippen LogP contribution in [-0.2, 0) is 17.8 Å². The maximum atomic E-state index is 13.4. The third-order valence-electron chi connectivity index (χ3n) is 10.6. The molecular weight excluding hydrogens is 655 g/mol. The molecule has 260 valence electrons. The Bertz CT molecular complexity index is 1850. The number of nitrogens with zero attached hydrogens (tertiary/aromatic N) is 5. The van der Waals surface area contributed by atoms with Gasteiger partial charge in [-0.25, -0.2) is 9.37 Å². The lowest BCUT2D eigenvalue weighted by Gasteiger charge is -2.44. The Labute approximate surface area is 298 Å². The Hall–Kier alpha value is -3.40. The van der Waals surface area contributed by atoms with Crippen molar-refractivity contribution in [2.75, 3.05) is 44.2 Å². The van der Waals surface area contributed by atoms with Gasteiger partial charge in [-0.1, -0.05) is 49.7 Å². The minimum absolute atomic E-state index is 0.366. The van der Waals surface area contributed by atoms with Crippen LogP contribution in [-0.4, -0.2) is 64.5 Å². The molecule has 7 nitrogen and oxygen atoms in total. The van der Waals surface area contributed by atoms with Gasteiger partial charge < -0.3 is 18.8 Å². The second-order valence-corrected chi connectivity index (χ2v) is 16.0. The number of para-hydroxylation sites is 2. The van der Waals surface area contributed by atoms with Crippen LogP contribution in [0.3, 0.4) is 0 Å². The van der Waals surface area contributed by atoms with Gasteiger partial charge in [0.1, 0.15) is 11.9 Å². The summed E-state index contributed by atoms with van der Waals surface area (Å²) in [4.78, 5) is 10.2. The topological polar surface area (TPSA) is 62.3 Å². The molecule has 0 amide bonds. The van der Waals surface area contributed by atoms with Gasteiger partial charge in [0, 0.05) is 56.1 Å². The molecule has 49 heavy (non-hydrogen) atoms. The smallest absolute Gasteiger partial charge is 0.203 e. The first-order valence-electron chi connectivity index (χ1n) is 17.8. The molecule has 2 fully saturated rings. The lowest BCUT2D eigenvalue weighted by atomic mass is 9.65. The quantitative estimate of drug-likeness (QED) is 0.160. The summed E-state index contributed by atoms with van der Waals surface area (Å²) in [6.07, 6.45) is 9.03. The fraction of sp³-hybridized carbons (Fsp3) is 0.487. The number of halogens is 2. The number of hydrogen-bond donors (Lipinski definition) is 1. The number of piperazine rings is 1. The molecule has 4 aromatic rings. The number of fused-ring (bicyclic) bond motifs is 1. The van der Waals surface area contributed by atoms with Crippen molar-refractivity contribution in [1.29, 1.82) is 5.41 Å². The predicted molar refractivity (Wildman–Crippen MR) is 198 cm³/mol. The summed E-state index contributed by atoms with van der Waals surface area (Å²) in [5.41, 5.74) is 5.35. The third kappa shape index (κ3) is 8.00. The Kier molecular flexibility index (Phi) is 10.3. The van der Waals surface area contributed by atoms with E-state index >= 15 is 0 Å². The molecule has 3 atom stereocenters. The number of rotatable bonds is 11. The first-order valence-corrected chi connectivity index (χ1v) is 19.0. The maximum absolute atomic E-state index is 13.4. The summed E-state index contributed by atoms with van der Waals surface area (Å²) in [6.45, 7) is 11.8. The summed E-state index contributed by atoms with van der Waals surface area (Å²) < 4.78 is 23.3. The zero-order chi connectivity index (χ0) is 34.0. The van der Waals surface area contributed by atoms with Gasteiger partial charge in [0.15, 0.2) is 5.13 Å². The Morgan fingerprint density at radius 1 is 1.04 bits per heavy atom. The van der Waals surface area contributed by atoms with Crippen LogP contribution in [0.4, 0.5) is 9.52 Å². The summed E-state index contributed by atoms with van der Waals surface area (Å²) in [5, 5.41) is 13.1. The van der Waals surface area contributed by atoms with E-state index in [-0.39, 0.29) is 0 Å². The zero-order valence-corrected chi connectivity index (χ0v) is 30.2. The summed E-state index contributed by atoms with van der Waals surface area (Å²) >= 11 is 7.94. The SMILES string of the molecule is CC1(C)CCC(c2ccc(Cl)cc2)C(CN2CCN(c3nc(Cn4c(=N)n(CCCOC5=CCC(F)C=C5)c5ccccc54)cs3)CC2)C1. The molecule has 1 saturated carbocycles. The van der Waals surface area contributed by atoms with Gasteiger partial charge in [-0.2, -0.15) is 0 Å².